The highest BCUT2D eigenvalue weighted by Crippen LogP contribution is 2.46. The van der Waals surface area contributed by atoms with E-state index in [2.05, 4.69) is 12.1 Å². The molecule has 4 N–H and O–H groups in total. The van der Waals surface area contributed by atoms with Crippen molar-refractivity contribution >= 4 is 46.5 Å². The summed E-state index contributed by atoms with van der Waals surface area (Å²) in [6.45, 7) is 0. The molecule has 3 aliphatic rings. The lowest BCUT2D eigenvalue weighted by Crippen LogP contribution is -2.22. The molecule has 0 unspecified atom stereocenters. The Balaban J connectivity index is 1.26. The van der Waals surface area contributed by atoms with Gasteiger partial charge in [0.25, 0.3) is 0 Å². The first-order chi connectivity index (χ1) is 18.5. The SMILES string of the molecule is Nc1cc(C2CC2)ccc1Sc1cccc2c1C(=O)c1c(Sc3ccc(C4CC4)cc3N)cccc1C2=O. The third kappa shape index (κ3) is 4.12. The maximum absolute atomic E-state index is 14.1. The average Bonchev–Trinajstić information content (AvgIpc) is 3.82. The largest absolute Gasteiger partial charge is 0.398 e. The molecule has 0 aromatic heterocycles. The standard InChI is InChI=1S/C32H26N2O2S2/c33-23-15-19(17-7-8-17)11-13-25(23)37-27-5-1-3-21-29(27)32(36)30-22(31(21)35)4-2-6-28(30)38-26-14-12-20(16-24(26)34)18-9-10-18/h1-6,11-18H,7-10,33-34H2. The molecular formula is C32H26N2O2S2. The van der Waals surface area contributed by atoms with Crippen LogP contribution < -0.4 is 11.5 Å². The van der Waals surface area contributed by atoms with E-state index in [0.717, 1.165) is 19.6 Å². The van der Waals surface area contributed by atoms with Crippen molar-refractivity contribution in [3.63, 3.8) is 0 Å². The van der Waals surface area contributed by atoms with Crippen LogP contribution in [0.15, 0.2) is 92.4 Å². The number of nitrogens with two attached hydrogens (primary N) is 2. The van der Waals surface area contributed by atoms with Gasteiger partial charge in [-0.1, -0.05) is 59.9 Å². The second-order valence-electron chi connectivity index (χ2n) is 10.4. The molecule has 188 valence electrons. The molecular weight excluding hydrogens is 508 g/mol. The first-order valence-corrected chi connectivity index (χ1v) is 14.6. The summed E-state index contributed by atoms with van der Waals surface area (Å²) in [4.78, 5) is 31.0. The van der Waals surface area contributed by atoms with Crippen LogP contribution in [0.1, 0.15) is 80.5 Å². The third-order valence-electron chi connectivity index (χ3n) is 7.60. The smallest absolute Gasteiger partial charge is 0.196 e. The number of anilines is 2. The Morgan fingerprint density at radius 2 is 1.00 bits per heavy atom. The van der Waals surface area contributed by atoms with Gasteiger partial charge >= 0.3 is 0 Å². The van der Waals surface area contributed by atoms with E-state index in [4.69, 9.17) is 11.5 Å². The van der Waals surface area contributed by atoms with Crippen LogP contribution in [0.2, 0.25) is 0 Å². The van der Waals surface area contributed by atoms with Crippen molar-refractivity contribution in [3.05, 3.63) is 106 Å². The number of rotatable bonds is 6. The van der Waals surface area contributed by atoms with Crippen molar-refractivity contribution in [1.29, 1.82) is 0 Å². The van der Waals surface area contributed by atoms with Gasteiger partial charge in [0.1, 0.15) is 0 Å². The molecule has 4 nitrogen and oxygen atoms in total. The van der Waals surface area contributed by atoms with Crippen LogP contribution in [0.4, 0.5) is 11.4 Å². The Labute approximate surface area is 230 Å². The minimum Gasteiger partial charge on any atom is -0.398 e. The topological polar surface area (TPSA) is 86.2 Å². The number of fused-ring (bicyclic) bond motifs is 2. The molecule has 6 heteroatoms. The average molecular weight is 535 g/mol. The fourth-order valence-corrected chi connectivity index (χ4v) is 7.25. The lowest BCUT2D eigenvalue weighted by Gasteiger charge is -2.22. The van der Waals surface area contributed by atoms with Gasteiger partial charge in [0.05, 0.1) is 0 Å². The number of carbonyl (C=O) groups excluding carboxylic acids is 2. The fraction of sp³-hybridized carbons (Fsp3) is 0.188. The van der Waals surface area contributed by atoms with Gasteiger partial charge in [-0.2, -0.15) is 0 Å². The molecule has 38 heavy (non-hydrogen) atoms. The number of hydrogen-bond donors (Lipinski definition) is 2. The quantitative estimate of drug-likeness (QED) is 0.217. The molecule has 0 radical (unpaired) electrons. The summed E-state index contributed by atoms with van der Waals surface area (Å²) in [7, 11) is 0. The van der Waals surface area contributed by atoms with Crippen LogP contribution in [-0.4, -0.2) is 11.6 Å². The van der Waals surface area contributed by atoms with E-state index in [1.807, 2.05) is 48.5 Å². The number of nitrogen functional groups attached to an aromatic ring is 2. The molecule has 4 aromatic rings. The summed E-state index contributed by atoms with van der Waals surface area (Å²) in [6, 6.07) is 23.4. The Hall–Kier alpha value is -3.48. The highest BCUT2D eigenvalue weighted by molar-refractivity contribution is 8.00. The first kappa shape index (κ1) is 23.6. The van der Waals surface area contributed by atoms with Crippen LogP contribution >= 0.6 is 23.5 Å². The van der Waals surface area contributed by atoms with E-state index in [9.17, 15) is 9.59 Å². The van der Waals surface area contributed by atoms with Crippen molar-refractivity contribution < 1.29 is 9.59 Å². The lowest BCUT2D eigenvalue weighted by atomic mass is 9.84. The predicted octanol–water partition coefficient (Wildman–Crippen LogP) is 7.68. The zero-order chi connectivity index (χ0) is 26.0. The molecule has 0 saturated heterocycles. The number of ketones is 2. The molecule has 3 aliphatic carbocycles. The molecule has 0 amide bonds. The number of hydrogen-bond acceptors (Lipinski definition) is 6. The second-order valence-corrected chi connectivity index (χ2v) is 12.5. The molecule has 0 spiro atoms. The molecule has 4 aromatic carbocycles. The number of benzene rings is 4. The monoisotopic (exact) mass is 534 g/mol. The molecule has 0 bridgehead atoms. The predicted molar refractivity (Wildman–Crippen MR) is 154 cm³/mol. The summed E-state index contributed by atoms with van der Waals surface area (Å²) >= 11 is 2.90. The van der Waals surface area contributed by atoms with Gasteiger partial charge in [-0.15, -0.1) is 0 Å². The Kier molecular flexibility index (Phi) is 5.64. The normalized spacial score (nSPS) is 16.3. The summed E-state index contributed by atoms with van der Waals surface area (Å²) < 4.78 is 0. The van der Waals surface area contributed by atoms with Gasteiger partial charge < -0.3 is 11.5 Å². The lowest BCUT2D eigenvalue weighted by molar-refractivity contribution is 0.0974. The van der Waals surface area contributed by atoms with Crippen LogP contribution in [0.3, 0.4) is 0 Å². The van der Waals surface area contributed by atoms with Gasteiger partial charge in [0, 0.05) is 53.2 Å². The third-order valence-corrected chi connectivity index (χ3v) is 9.90. The Bertz CT molecular complexity index is 1530. The van der Waals surface area contributed by atoms with Crippen LogP contribution in [-0.2, 0) is 0 Å². The highest BCUT2D eigenvalue weighted by atomic mass is 32.2. The van der Waals surface area contributed by atoms with Crippen molar-refractivity contribution in [2.75, 3.05) is 11.5 Å². The minimum absolute atomic E-state index is 0.131. The zero-order valence-electron chi connectivity index (χ0n) is 20.7. The van der Waals surface area contributed by atoms with E-state index >= 15 is 0 Å². The van der Waals surface area contributed by atoms with Crippen molar-refractivity contribution in [2.45, 2.75) is 57.1 Å². The summed E-state index contributed by atoms with van der Waals surface area (Å²) in [5.74, 6) is 0.966. The van der Waals surface area contributed by atoms with Crippen molar-refractivity contribution in [1.82, 2.24) is 0 Å². The van der Waals surface area contributed by atoms with Crippen molar-refractivity contribution in [2.24, 2.45) is 0 Å². The summed E-state index contributed by atoms with van der Waals surface area (Å²) in [6.07, 6.45) is 4.85. The Morgan fingerprint density at radius 1 is 0.553 bits per heavy atom. The minimum atomic E-state index is -0.137. The van der Waals surface area contributed by atoms with E-state index in [1.165, 1.54) is 60.3 Å². The van der Waals surface area contributed by atoms with Gasteiger partial charge in [-0.05, 0) is 85.0 Å². The van der Waals surface area contributed by atoms with E-state index < -0.39 is 0 Å². The molecule has 2 saturated carbocycles. The maximum atomic E-state index is 14.1. The highest BCUT2D eigenvalue weighted by Gasteiger charge is 2.34. The van der Waals surface area contributed by atoms with Gasteiger partial charge in [0.2, 0.25) is 0 Å². The Morgan fingerprint density at radius 3 is 1.39 bits per heavy atom. The van der Waals surface area contributed by atoms with Gasteiger partial charge in [-0.3, -0.25) is 9.59 Å². The first-order valence-electron chi connectivity index (χ1n) is 13.0. The molecule has 0 heterocycles. The summed E-state index contributed by atoms with van der Waals surface area (Å²) in [5.41, 5.74) is 18.6. The maximum Gasteiger partial charge on any atom is 0.196 e. The van der Waals surface area contributed by atoms with E-state index in [1.54, 1.807) is 12.1 Å². The fourth-order valence-electron chi connectivity index (χ4n) is 5.25. The van der Waals surface area contributed by atoms with Gasteiger partial charge in [0.15, 0.2) is 11.6 Å². The van der Waals surface area contributed by atoms with Gasteiger partial charge in [-0.25, -0.2) is 0 Å². The zero-order valence-corrected chi connectivity index (χ0v) is 22.3. The van der Waals surface area contributed by atoms with E-state index in [0.29, 0.717) is 45.5 Å². The molecule has 0 atom stereocenters. The molecule has 0 aliphatic heterocycles. The van der Waals surface area contributed by atoms with E-state index in [-0.39, 0.29) is 11.6 Å². The summed E-state index contributed by atoms with van der Waals surface area (Å²) in [5, 5.41) is 0. The number of carbonyl (C=O) groups is 2. The van der Waals surface area contributed by atoms with Crippen molar-refractivity contribution in [3.8, 4) is 0 Å². The van der Waals surface area contributed by atoms with Crippen LogP contribution in [0, 0.1) is 0 Å². The van der Waals surface area contributed by atoms with Crippen LogP contribution in [0.25, 0.3) is 0 Å². The second kappa shape index (κ2) is 9.07. The molecule has 2 fully saturated rings. The van der Waals surface area contributed by atoms with Crippen LogP contribution in [0.5, 0.6) is 0 Å². The molecule has 7 rings (SSSR count).